The van der Waals surface area contributed by atoms with Gasteiger partial charge in [0.05, 0.1) is 24.6 Å². The summed E-state index contributed by atoms with van der Waals surface area (Å²) in [4.78, 5) is 28.4. The van der Waals surface area contributed by atoms with Gasteiger partial charge in [-0.2, -0.15) is 23.3 Å². The molecule has 0 radical (unpaired) electrons. The Morgan fingerprint density at radius 2 is 1.78 bits per heavy atom. The Bertz CT molecular complexity index is 1460. The minimum atomic E-state index is -4.40. The lowest BCUT2D eigenvalue weighted by Gasteiger charge is -2.28. The van der Waals surface area contributed by atoms with Crippen LogP contribution in [0.5, 0.6) is 0 Å². The van der Waals surface area contributed by atoms with Gasteiger partial charge in [-0.3, -0.25) is 4.79 Å². The second kappa shape index (κ2) is 9.40. The number of rotatable bonds is 6. The number of carbonyl (C=O) groups excluding carboxylic acids is 1. The molecule has 0 N–H and O–H groups in total. The third kappa shape index (κ3) is 4.90. The summed E-state index contributed by atoms with van der Waals surface area (Å²) in [6.07, 6.45) is -4.40. The van der Waals surface area contributed by atoms with E-state index in [2.05, 4.69) is 15.2 Å². The molecular weight excluding hydrogens is 477 g/mol. The monoisotopic (exact) mass is 498 g/mol. The van der Waals surface area contributed by atoms with Gasteiger partial charge in [-0.25, -0.2) is 9.48 Å². The van der Waals surface area contributed by atoms with Crippen LogP contribution in [-0.4, -0.2) is 39.2 Å². The van der Waals surface area contributed by atoms with Crippen molar-refractivity contribution in [1.82, 2.24) is 19.9 Å². The molecule has 0 fully saturated rings. The van der Waals surface area contributed by atoms with E-state index < -0.39 is 17.6 Å². The largest absolute Gasteiger partial charge is 0.465 e. The third-order valence-corrected chi connectivity index (χ3v) is 5.77. The van der Waals surface area contributed by atoms with Gasteiger partial charge < -0.3 is 9.26 Å². The van der Waals surface area contributed by atoms with Gasteiger partial charge in [-0.15, -0.1) is 0 Å². The summed E-state index contributed by atoms with van der Waals surface area (Å²) in [7, 11) is 1.28. The Labute approximate surface area is 203 Å². The first kappa shape index (κ1) is 24.8. The van der Waals surface area contributed by atoms with Crippen molar-refractivity contribution in [2.24, 2.45) is 0 Å². The number of methoxy groups -OCH3 is 1. The average molecular weight is 498 g/mol. The normalized spacial score (nSPS) is 11.9. The summed E-state index contributed by atoms with van der Waals surface area (Å²) in [6.45, 7) is 2.30. The van der Waals surface area contributed by atoms with Crippen LogP contribution in [0.1, 0.15) is 35.3 Å². The number of ether oxygens (including phenoxy) is 1. The molecule has 36 heavy (non-hydrogen) atoms. The van der Waals surface area contributed by atoms with E-state index in [0.29, 0.717) is 16.7 Å². The average Bonchev–Trinajstić information content (AvgIpc) is 3.35. The van der Waals surface area contributed by atoms with Crippen molar-refractivity contribution < 1.29 is 27.2 Å². The Morgan fingerprint density at radius 3 is 2.44 bits per heavy atom. The van der Waals surface area contributed by atoms with Crippen LogP contribution in [0.4, 0.5) is 13.2 Å². The Morgan fingerprint density at radius 1 is 1.06 bits per heavy atom. The van der Waals surface area contributed by atoms with Gasteiger partial charge in [0, 0.05) is 11.6 Å². The number of alkyl halides is 3. The quantitative estimate of drug-likeness (QED) is 0.357. The minimum Gasteiger partial charge on any atom is -0.465 e. The third-order valence-electron chi connectivity index (χ3n) is 5.77. The van der Waals surface area contributed by atoms with E-state index in [1.165, 1.54) is 48.2 Å². The topological polar surface area (TPSA) is 100 Å². The summed E-state index contributed by atoms with van der Waals surface area (Å²) >= 11 is 0. The molecule has 0 bridgehead atoms. The molecule has 0 aliphatic carbocycles. The predicted molar refractivity (Wildman–Crippen MR) is 123 cm³/mol. The zero-order chi connectivity index (χ0) is 26.1. The van der Waals surface area contributed by atoms with Gasteiger partial charge >= 0.3 is 12.1 Å². The highest BCUT2D eigenvalue weighted by molar-refractivity contribution is 5.89. The van der Waals surface area contributed by atoms with Gasteiger partial charge in [0.25, 0.3) is 11.4 Å². The van der Waals surface area contributed by atoms with Crippen molar-refractivity contribution in [3.8, 4) is 23.0 Å². The summed E-state index contributed by atoms with van der Waals surface area (Å²) < 4.78 is 51.1. The van der Waals surface area contributed by atoms with Crippen molar-refractivity contribution in [3.05, 3.63) is 87.7 Å². The van der Waals surface area contributed by atoms with Gasteiger partial charge in [0.1, 0.15) is 5.69 Å². The number of esters is 1. The number of halogens is 3. The lowest BCUT2D eigenvalue weighted by Crippen LogP contribution is -2.36. The molecular formula is C25H21F3N4O4. The van der Waals surface area contributed by atoms with E-state index in [1.807, 2.05) is 0 Å². The Hall–Kier alpha value is -4.28. The van der Waals surface area contributed by atoms with Crippen LogP contribution in [0.25, 0.3) is 23.0 Å². The van der Waals surface area contributed by atoms with E-state index >= 15 is 0 Å². The lowest BCUT2D eigenvalue weighted by molar-refractivity contribution is -0.180. The van der Waals surface area contributed by atoms with E-state index in [1.54, 1.807) is 24.3 Å². The number of nitrogens with zero attached hydrogens (tertiary/aromatic N) is 4. The highest BCUT2D eigenvalue weighted by Gasteiger charge is 2.48. The molecule has 0 spiro atoms. The fourth-order valence-corrected chi connectivity index (χ4v) is 3.41. The summed E-state index contributed by atoms with van der Waals surface area (Å²) in [5.41, 5.74) is -0.616. The Kier molecular flexibility index (Phi) is 6.49. The number of carbonyl (C=O) groups is 1. The molecule has 186 valence electrons. The molecule has 0 amide bonds. The number of hydrogen-bond acceptors (Lipinski definition) is 7. The SMILES string of the molecule is COC(=O)c1cccc(Cn2nc(-c3nc(-c4ccc(C(C)(C)C(F)(F)F)cc4)no3)ccc2=O)c1. The van der Waals surface area contributed by atoms with E-state index in [-0.39, 0.29) is 35.1 Å². The molecule has 2 aromatic heterocycles. The predicted octanol–water partition coefficient (Wildman–Crippen LogP) is 4.64. The smallest absolute Gasteiger partial charge is 0.397 e. The van der Waals surface area contributed by atoms with Crippen LogP contribution in [0.2, 0.25) is 0 Å². The zero-order valence-corrected chi connectivity index (χ0v) is 19.5. The molecule has 4 rings (SSSR count). The molecule has 4 aromatic rings. The van der Waals surface area contributed by atoms with Crippen LogP contribution >= 0.6 is 0 Å². The summed E-state index contributed by atoms with van der Waals surface area (Å²) in [5, 5.41) is 8.17. The molecule has 0 aliphatic rings. The minimum absolute atomic E-state index is 0.0294. The van der Waals surface area contributed by atoms with Gasteiger partial charge in [-0.05, 0) is 43.2 Å². The number of aromatic nitrogens is 4. The fraction of sp³-hybridized carbons (Fsp3) is 0.240. The second-order valence-corrected chi connectivity index (χ2v) is 8.53. The van der Waals surface area contributed by atoms with Gasteiger partial charge in [0.15, 0.2) is 0 Å². The molecule has 0 saturated heterocycles. The molecule has 0 aliphatic heterocycles. The van der Waals surface area contributed by atoms with Gasteiger partial charge in [0.2, 0.25) is 5.82 Å². The van der Waals surface area contributed by atoms with E-state index in [4.69, 9.17) is 9.26 Å². The molecule has 2 heterocycles. The maximum absolute atomic E-state index is 13.3. The van der Waals surface area contributed by atoms with Crippen molar-refractivity contribution in [2.45, 2.75) is 32.0 Å². The van der Waals surface area contributed by atoms with E-state index in [9.17, 15) is 22.8 Å². The number of hydrogen-bond donors (Lipinski definition) is 0. The molecule has 2 aromatic carbocycles. The molecule has 0 atom stereocenters. The molecule has 0 unspecified atom stereocenters. The first-order valence-corrected chi connectivity index (χ1v) is 10.8. The maximum atomic E-state index is 13.3. The highest BCUT2D eigenvalue weighted by atomic mass is 19.4. The van der Waals surface area contributed by atoms with Crippen LogP contribution in [0.3, 0.4) is 0 Å². The Balaban J connectivity index is 1.58. The fourth-order valence-electron chi connectivity index (χ4n) is 3.41. The van der Waals surface area contributed by atoms with Crippen molar-refractivity contribution >= 4 is 5.97 Å². The molecule has 11 heteroatoms. The first-order chi connectivity index (χ1) is 17.0. The number of benzene rings is 2. The first-order valence-electron chi connectivity index (χ1n) is 10.8. The van der Waals surface area contributed by atoms with Crippen LogP contribution in [-0.2, 0) is 16.7 Å². The van der Waals surface area contributed by atoms with Crippen molar-refractivity contribution in [3.63, 3.8) is 0 Å². The molecule has 0 saturated carbocycles. The highest BCUT2D eigenvalue weighted by Crippen LogP contribution is 2.40. The molecule has 8 nitrogen and oxygen atoms in total. The maximum Gasteiger partial charge on any atom is 0.397 e. The lowest BCUT2D eigenvalue weighted by atomic mass is 9.83. The van der Waals surface area contributed by atoms with Crippen LogP contribution in [0.15, 0.2) is 70.0 Å². The standard InChI is InChI=1S/C25H21F3N4O4/c1-24(2,25(26,27)28)18-9-7-16(8-10-18)21-29-22(36-31-21)19-11-12-20(33)32(30-19)14-15-5-4-6-17(13-15)23(34)35-3/h4-13H,14H2,1-3H3. The summed E-state index contributed by atoms with van der Waals surface area (Å²) in [5.74, 6) is -0.312. The second-order valence-electron chi connectivity index (χ2n) is 8.53. The van der Waals surface area contributed by atoms with Gasteiger partial charge in [-0.1, -0.05) is 41.6 Å². The van der Waals surface area contributed by atoms with Crippen LogP contribution in [0, 0.1) is 0 Å². The zero-order valence-electron chi connectivity index (χ0n) is 19.5. The van der Waals surface area contributed by atoms with Crippen molar-refractivity contribution in [2.75, 3.05) is 7.11 Å². The van der Waals surface area contributed by atoms with Crippen molar-refractivity contribution in [1.29, 1.82) is 0 Å². The summed E-state index contributed by atoms with van der Waals surface area (Å²) in [6, 6.07) is 15.0. The van der Waals surface area contributed by atoms with E-state index in [0.717, 1.165) is 13.8 Å². The van der Waals surface area contributed by atoms with Crippen LogP contribution < -0.4 is 5.56 Å².